The molecule has 0 bridgehead atoms. The molecule has 2 atom stereocenters. The molecular formula is C17H21N3S2. The Kier molecular flexibility index (Phi) is 4.35. The molecule has 4 rings (SSSR count). The van der Waals surface area contributed by atoms with E-state index in [0.717, 1.165) is 30.5 Å². The average Bonchev–Trinajstić information content (AvgIpc) is 3.19. The Labute approximate surface area is 140 Å². The highest BCUT2D eigenvalue weighted by Gasteiger charge is 2.38. The summed E-state index contributed by atoms with van der Waals surface area (Å²) in [7, 11) is 0. The van der Waals surface area contributed by atoms with Gasteiger partial charge in [-0.05, 0) is 37.1 Å². The second-order valence-electron chi connectivity index (χ2n) is 6.10. The summed E-state index contributed by atoms with van der Waals surface area (Å²) in [6.07, 6.45) is 9.41. The van der Waals surface area contributed by atoms with Gasteiger partial charge in [0.1, 0.15) is 17.2 Å². The van der Waals surface area contributed by atoms with E-state index >= 15 is 0 Å². The highest BCUT2D eigenvalue weighted by molar-refractivity contribution is 8.00. The molecule has 3 heterocycles. The molecule has 1 aliphatic heterocycles. The molecule has 0 amide bonds. The van der Waals surface area contributed by atoms with Crippen molar-refractivity contribution < 1.29 is 0 Å². The Balaban J connectivity index is 1.41. The lowest BCUT2D eigenvalue weighted by atomic mass is 9.84. The Morgan fingerprint density at radius 1 is 1.23 bits per heavy atom. The molecule has 1 N–H and O–H groups in total. The molecule has 116 valence electrons. The second-order valence-corrected chi connectivity index (χ2v) is 8.36. The highest BCUT2D eigenvalue weighted by atomic mass is 32.2. The Morgan fingerprint density at radius 3 is 3.09 bits per heavy atom. The van der Waals surface area contributed by atoms with Gasteiger partial charge in [0.05, 0.1) is 0 Å². The van der Waals surface area contributed by atoms with Gasteiger partial charge in [-0.3, -0.25) is 0 Å². The fraction of sp³-hybridized carbons (Fsp3) is 0.529. The number of thiophene rings is 1. The fourth-order valence-electron chi connectivity index (χ4n) is 3.58. The van der Waals surface area contributed by atoms with Crippen molar-refractivity contribution in [2.45, 2.75) is 54.7 Å². The van der Waals surface area contributed by atoms with Gasteiger partial charge in [-0.15, -0.1) is 23.1 Å². The monoisotopic (exact) mass is 331 g/mol. The summed E-state index contributed by atoms with van der Waals surface area (Å²) in [6.45, 7) is 0.989. The zero-order valence-corrected chi connectivity index (χ0v) is 14.3. The molecule has 3 nitrogen and oxygen atoms in total. The molecule has 5 heteroatoms. The van der Waals surface area contributed by atoms with Crippen LogP contribution >= 0.6 is 23.1 Å². The molecule has 1 saturated carbocycles. The van der Waals surface area contributed by atoms with E-state index in [-0.39, 0.29) is 0 Å². The minimum Gasteiger partial charge on any atom is -0.370 e. The maximum absolute atomic E-state index is 4.54. The first-order valence-electron chi connectivity index (χ1n) is 8.19. The summed E-state index contributed by atoms with van der Waals surface area (Å²) in [5.74, 6) is 1.77. The van der Waals surface area contributed by atoms with Crippen molar-refractivity contribution in [3.05, 3.63) is 34.3 Å². The number of nitrogens with one attached hydrogen (secondary N) is 1. The van der Waals surface area contributed by atoms with Crippen LogP contribution in [0.4, 0.5) is 5.82 Å². The smallest absolute Gasteiger partial charge is 0.134 e. The van der Waals surface area contributed by atoms with E-state index in [2.05, 4.69) is 32.8 Å². The third-order valence-electron chi connectivity index (χ3n) is 4.66. The molecule has 2 aliphatic rings. The molecule has 2 aromatic heterocycles. The molecule has 22 heavy (non-hydrogen) atoms. The first-order chi connectivity index (χ1) is 10.9. The number of nitrogens with zero attached hydrogens (tertiary/aromatic N) is 2. The Morgan fingerprint density at radius 2 is 2.18 bits per heavy atom. The SMILES string of the molecule is c1csc(CCCNc2ncnc3c2C2CCCCC2S3)c1. The standard InChI is InChI=1S/C17H21N3S2/c1-2-8-14-13(7-1)15-16(19-11-20-17(15)22-14)18-9-3-5-12-6-4-10-21-12/h4,6,10-11,13-14H,1-3,5,7-9H2,(H,18,19,20). The zero-order chi connectivity index (χ0) is 14.8. The first kappa shape index (κ1) is 14.5. The zero-order valence-electron chi connectivity index (χ0n) is 12.6. The average molecular weight is 332 g/mol. The number of fused-ring (bicyclic) bond motifs is 3. The normalized spacial score (nSPS) is 23.1. The van der Waals surface area contributed by atoms with Crippen molar-refractivity contribution in [3.8, 4) is 0 Å². The van der Waals surface area contributed by atoms with Crippen LogP contribution < -0.4 is 5.32 Å². The summed E-state index contributed by atoms with van der Waals surface area (Å²) in [5, 5.41) is 7.71. The van der Waals surface area contributed by atoms with E-state index in [0.29, 0.717) is 5.92 Å². The van der Waals surface area contributed by atoms with E-state index in [4.69, 9.17) is 0 Å². The number of rotatable bonds is 5. The predicted molar refractivity (Wildman–Crippen MR) is 94.0 cm³/mol. The van der Waals surface area contributed by atoms with Gasteiger partial charge in [-0.2, -0.15) is 0 Å². The van der Waals surface area contributed by atoms with Crippen LogP contribution in [0, 0.1) is 0 Å². The molecule has 0 saturated heterocycles. The lowest BCUT2D eigenvalue weighted by Gasteiger charge is -2.25. The molecule has 0 radical (unpaired) electrons. The van der Waals surface area contributed by atoms with Gasteiger partial charge in [0.2, 0.25) is 0 Å². The number of hydrogen-bond donors (Lipinski definition) is 1. The number of aryl methyl sites for hydroxylation is 1. The topological polar surface area (TPSA) is 37.8 Å². The lowest BCUT2D eigenvalue weighted by molar-refractivity contribution is 0.460. The van der Waals surface area contributed by atoms with Crippen molar-refractivity contribution >= 4 is 28.9 Å². The second kappa shape index (κ2) is 6.59. The van der Waals surface area contributed by atoms with Gasteiger partial charge < -0.3 is 5.32 Å². The minimum atomic E-state index is 0.676. The summed E-state index contributed by atoms with van der Waals surface area (Å²) in [6, 6.07) is 4.35. The van der Waals surface area contributed by atoms with Crippen molar-refractivity contribution in [3.63, 3.8) is 0 Å². The molecule has 0 spiro atoms. The predicted octanol–water partition coefficient (Wildman–Crippen LogP) is 4.71. The van der Waals surface area contributed by atoms with Crippen molar-refractivity contribution in [2.24, 2.45) is 0 Å². The van der Waals surface area contributed by atoms with Gasteiger partial charge in [0.15, 0.2) is 0 Å². The fourth-order valence-corrected chi connectivity index (χ4v) is 5.83. The van der Waals surface area contributed by atoms with E-state index in [9.17, 15) is 0 Å². The van der Waals surface area contributed by atoms with Crippen LogP contribution in [0.3, 0.4) is 0 Å². The van der Waals surface area contributed by atoms with Crippen LogP contribution in [0.5, 0.6) is 0 Å². The number of anilines is 1. The maximum atomic E-state index is 4.54. The third kappa shape index (κ3) is 2.88. The first-order valence-corrected chi connectivity index (χ1v) is 9.95. The maximum Gasteiger partial charge on any atom is 0.134 e. The summed E-state index contributed by atoms with van der Waals surface area (Å²) in [4.78, 5) is 10.5. The highest BCUT2D eigenvalue weighted by Crippen LogP contribution is 2.52. The lowest BCUT2D eigenvalue weighted by Crippen LogP contribution is -2.17. The largest absolute Gasteiger partial charge is 0.370 e. The van der Waals surface area contributed by atoms with Gasteiger partial charge in [-0.25, -0.2) is 9.97 Å². The van der Waals surface area contributed by atoms with Crippen LogP contribution in [-0.2, 0) is 6.42 Å². The van der Waals surface area contributed by atoms with Crippen LogP contribution in [-0.4, -0.2) is 21.8 Å². The number of hydrogen-bond acceptors (Lipinski definition) is 5. The molecule has 1 fully saturated rings. The summed E-state index contributed by atoms with van der Waals surface area (Å²) < 4.78 is 0. The number of thioether (sulfide) groups is 1. The minimum absolute atomic E-state index is 0.676. The van der Waals surface area contributed by atoms with Gasteiger partial charge in [0.25, 0.3) is 0 Å². The quantitative estimate of drug-likeness (QED) is 0.636. The van der Waals surface area contributed by atoms with E-state index in [1.54, 1.807) is 6.33 Å². The Hall–Kier alpha value is -1.07. The Bertz CT molecular complexity index is 627. The summed E-state index contributed by atoms with van der Waals surface area (Å²) >= 11 is 3.83. The van der Waals surface area contributed by atoms with Crippen molar-refractivity contribution in [1.29, 1.82) is 0 Å². The van der Waals surface area contributed by atoms with E-state index in [1.807, 2.05) is 23.1 Å². The van der Waals surface area contributed by atoms with Crippen LogP contribution in [0.1, 0.15) is 48.5 Å². The molecule has 1 aliphatic carbocycles. The van der Waals surface area contributed by atoms with Crippen LogP contribution in [0.25, 0.3) is 0 Å². The molecule has 2 aromatic rings. The number of aromatic nitrogens is 2. The molecular weight excluding hydrogens is 310 g/mol. The van der Waals surface area contributed by atoms with Crippen LogP contribution in [0.15, 0.2) is 28.9 Å². The molecule has 0 aromatic carbocycles. The van der Waals surface area contributed by atoms with Gasteiger partial charge in [0, 0.05) is 28.2 Å². The van der Waals surface area contributed by atoms with Crippen LogP contribution in [0.2, 0.25) is 0 Å². The van der Waals surface area contributed by atoms with Gasteiger partial charge >= 0.3 is 0 Å². The van der Waals surface area contributed by atoms with Crippen molar-refractivity contribution in [1.82, 2.24) is 9.97 Å². The summed E-state index contributed by atoms with van der Waals surface area (Å²) in [5.41, 5.74) is 1.41. The molecule has 2 unspecified atom stereocenters. The van der Waals surface area contributed by atoms with Crippen molar-refractivity contribution in [2.75, 3.05) is 11.9 Å². The van der Waals surface area contributed by atoms with Gasteiger partial charge in [-0.1, -0.05) is 18.9 Å². The third-order valence-corrected chi connectivity index (χ3v) is 7.01. The van der Waals surface area contributed by atoms with E-state index in [1.165, 1.54) is 41.1 Å². The van der Waals surface area contributed by atoms with E-state index < -0.39 is 0 Å².